The van der Waals surface area contributed by atoms with Crippen molar-refractivity contribution < 1.29 is 12.9 Å². The number of aromatic nitrogens is 1. The summed E-state index contributed by atoms with van der Waals surface area (Å²) in [5.41, 5.74) is 0.271. The first kappa shape index (κ1) is 9.21. The third-order valence-corrected chi connectivity index (χ3v) is 3.15. The molecule has 0 N–H and O–H groups in total. The Labute approximate surface area is 80.6 Å². The molecule has 0 amide bonds. The van der Waals surface area contributed by atoms with Gasteiger partial charge in [-0.3, -0.25) is 0 Å². The predicted octanol–water partition coefficient (Wildman–Crippen LogP) is 1.78. The minimum absolute atomic E-state index is 0.0237. The number of hydrogen-bond donors (Lipinski definition) is 0. The molecule has 5 heteroatoms. The summed E-state index contributed by atoms with van der Waals surface area (Å²) < 4.78 is 35.7. The van der Waals surface area contributed by atoms with E-state index in [-0.39, 0.29) is 10.4 Å². The fourth-order valence-corrected chi connectivity index (χ4v) is 2.26. The summed E-state index contributed by atoms with van der Waals surface area (Å²) in [4.78, 5) is 0.349. The lowest BCUT2D eigenvalue weighted by Crippen LogP contribution is -1.94. The van der Waals surface area contributed by atoms with Crippen molar-refractivity contribution in [3.63, 3.8) is 0 Å². The molecule has 1 aromatic heterocycles. The van der Waals surface area contributed by atoms with Crippen LogP contribution in [-0.2, 0) is 9.84 Å². The van der Waals surface area contributed by atoms with Crippen molar-refractivity contribution >= 4 is 20.7 Å². The minimum Gasteiger partial charge on any atom is -0.224 e. The van der Waals surface area contributed by atoms with E-state index in [9.17, 15) is 12.9 Å². The number of hydrogen-bond acceptors (Lipinski definition) is 2. The second-order valence-corrected chi connectivity index (χ2v) is 5.08. The zero-order valence-corrected chi connectivity index (χ0v) is 8.25. The molecule has 14 heavy (non-hydrogen) atoms. The molecule has 2 rings (SSSR count). The Kier molecular flexibility index (Phi) is 1.85. The summed E-state index contributed by atoms with van der Waals surface area (Å²) in [7, 11) is -3.37. The van der Waals surface area contributed by atoms with E-state index in [4.69, 9.17) is 0 Å². The Hall–Kier alpha value is -1.36. The maximum absolute atomic E-state index is 13.2. The Bertz CT molecular complexity index is 586. The summed E-state index contributed by atoms with van der Waals surface area (Å²) in [6, 6.07) is 6.45. The standard InChI is InChI=1S/C9H8FNO2S/c1-14(12,13)9-6-11(10)8-5-3-2-4-7(8)9/h2-6H,1H3. The first-order valence-electron chi connectivity index (χ1n) is 3.96. The van der Waals surface area contributed by atoms with Gasteiger partial charge in [-0.25, -0.2) is 8.42 Å². The molecule has 0 unspecified atom stereocenters. The number of halogens is 1. The zero-order chi connectivity index (χ0) is 10.3. The van der Waals surface area contributed by atoms with Crippen molar-refractivity contribution in [1.82, 2.24) is 4.79 Å². The molecule has 0 fully saturated rings. The van der Waals surface area contributed by atoms with Gasteiger partial charge in [0.1, 0.15) is 0 Å². The molecule has 0 saturated carbocycles. The highest BCUT2D eigenvalue weighted by Crippen LogP contribution is 2.24. The van der Waals surface area contributed by atoms with E-state index in [1.165, 1.54) is 6.07 Å². The number of benzene rings is 1. The van der Waals surface area contributed by atoms with Gasteiger partial charge >= 0.3 is 0 Å². The second-order valence-electron chi connectivity index (χ2n) is 3.09. The topological polar surface area (TPSA) is 39.1 Å². The Morgan fingerprint density at radius 2 is 1.93 bits per heavy atom. The Morgan fingerprint density at radius 1 is 1.29 bits per heavy atom. The van der Waals surface area contributed by atoms with Crippen LogP contribution in [0.15, 0.2) is 35.4 Å². The van der Waals surface area contributed by atoms with E-state index in [1.54, 1.807) is 18.2 Å². The van der Waals surface area contributed by atoms with Crippen LogP contribution in [0.25, 0.3) is 10.9 Å². The van der Waals surface area contributed by atoms with Crippen molar-refractivity contribution in [3.8, 4) is 0 Å². The summed E-state index contributed by atoms with van der Waals surface area (Å²) >= 11 is 0. The van der Waals surface area contributed by atoms with Crippen LogP contribution in [0.1, 0.15) is 0 Å². The number of para-hydroxylation sites is 1. The number of rotatable bonds is 1. The monoisotopic (exact) mass is 213 g/mol. The van der Waals surface area contributed by atoms with Crippen LogP contribution in [0.5, 0.6) is 0 Å². The van der Waals surface area contributed by atoms with E-state index in [1.807, 2.05) is 0 Å². The van der Waals surface area contributed by atoms with E-state index >= 15 is 0 Å². The van der Waals surface area contributed by atoms with Crippen LogP contribution in [0.4, 0.5) is 4.48 Å². The summed E-state index contributed by atoms with van der Waals surface area (Å²) in [5.74, 6) is 0. The van der Waals surface area contributed by atoms with Gasteiger partial charge in [-0.2, -0.15) is 4.79 Å². The number of nitrogens with zero attached hydrogens (tertiary/aromatic N) is 1. The summed E-state index contributed by atoms with van der Waals surface area (Å²) in [6.45, 7) is 0. The van der Waals surface area contributed by atoms with Gasteiger partial charge in [-0.05, 0) is 6.07 Å². The van der Waals surface area contributed by atoms with Crippen LogP contribution in [0.2, 0.25) is 0 Å². The van der Waals surface area contributed by atoms with Crippen molar-refractivity contribution in [2.75, 3.05) is 6.26 Å². The van der Waals surface area contributed by atoms with Gasteiger partial charge in [0.05, 0.1) is 16.6 Å². The Balaban J connectivity index is 2.93. The lowest BCUT2D eigenvalue weighted by atomic mass is 10.2. The predicted molar refractivity (Wildman–Crippen MR) is 51.6 cm³/mol. The van der Waals surface area contributed by atoms with Gasteiger partial charge in [0.25, 0.3) is 0 Å². The minimum atomic E-state index is -3.37. The van der Waals surface area contributed by atoms with Crippen LogP contribution in [-0.4, -0.2) is 19.5 Å². The van der Waals surface area contributed by atoms with Crippen LogP contribution in [0, 0.1) is 0 Å². The molecular formula is C9H8FNO2S. The second kappa shape index (κ2) is 2.81. The quantitative estimate of drug-likeness (QED) is 0.724. The van der Waals surface area contributed by atoms with Gasteiger partial charge in [0, 0.05) is 11.6 Å². The third kappa shape index (κ3) is 1.29. The smallest absolute Gasteiger partial charge is 0.177 e. The first-order valence-corrected chi connectivity index (χ1v) is 5.85. The maximum Gasteiger partial charge on any atom is 0.177 e. The normalized spacial score (nSPS) is 12.1. The van der Waals surface area contributed by atoms with Crippen molar-refractivity contribution in [2.45, 2.75) is 4.90 Å². The molecule has 0 aliphatic rings. The molecule has 0 atom stereocenters. The molecule has 2 aromatic rings. The molecule has 0 aliphatic carbocycles. The fraction of sp³-hybridized carbons (Fsp3) is 0.111. The lowest BCUT2D eigenvalue weighted by Gasteiger charge is -1.93. The van der Waals surface area contributed by atoms with Crippen LogP contribution < -0.4 is 0 Å². The fourth-order valence-electron chi connectivity index (χ4n) is 1.41. The molecule has 74 valence electrons. The highest BCUT2D eigenvalue weighted by Gasteiger charge is 2.15. The van der Waals surface area contributed by atoms with Crippen molar-refractivity contribution in [1.29, 1.82) is 0 Å². The maximum atomic E-state index is 13.2. The number of sulfone groups is 1. The van der Waals surface area contributed by atoms with Crippen LogP contribution >= 0.6 is 0 Å². The highest BCUT2D eigenvalue weighted by atomic mass is 32.2. The third-order valence-electron chi connectivity index (χ3n) is 2.03. The molecule has 0 spiro atoms. The summed E-state index contributed by atoms with van der Waals surface area (Å²) in [6.07, 6.45) is 2.05. The van der Waals surface area contributed by atoms with Gasteiger partial charge in [-0.15, -0.1) is 0 Å². The van der Waals surface area contributed by atoms with E-state index in [0.717, 1.165) is 12.5 Å². The lowest BCUT2D eigenvalue weighted by molar-refractivity contribution is 0.385. The molecular weight excluding hydrogens is 205 g/mol. The van der Waals surface area contributed by atoms with Gasteiger partial charge in [-0.1, -0.05) is 22.7 Å². The summed E-state index contributed by atoms with van der Waals surface area (Å²) in [5, 5.41) is 0.414. The van der Waals surface area contributed by atoms with E-state index in [2.05, 4.69) is 0 Å². The average molecular weight is 213 g/mol. The molecule has 0 radical (unpaired) electrons. The molecule has 0 aliphatic heterocycles. The van der Waals surface area contributed by atoms with Crippen LogP contribution in [0.3, 0.4) is 0 Å². The molecule has 1 heterocycles. The van der Waals surface area contributed by atoms with Crippen molar-refractivity contribution in [2.24, 2.45) is 0 Å². The van der Waals surface area contributed by atoms with Gasteiger partial charge < -0.3 is 0 Å². The van der Waals surface area contributed by atoms with E-state index < -0.39 is 9.84 Å². The number of fused-ring (bicyclic) bond motifs is 1. The molecule has 1 aromatic carbocycles. The molecule has 3 nitrogen and oxygen atoms in total. The average Bonchev–Trinajstić information content (AvgIpc) is 2.44. The van der Waals surface area contributed by atoms with Gasteiger partial charge in [0.15, 0.2) is 9.84 Å². The van der Waals surface area contributed by atoms with Gasteiger partial charge in [0.2, 0.25) is 0 Å². The highest BCUT2D eigenvalue weighted by molar-refractivity contribution is 7.91. The Morgan fingerprint density at radius 3 is 2.57 bits per heavy atom. The van der Waals surface area contributed by atoms with Crippen molar-refractivity contribution in [3.05, 3.63) is 30.5 Å². The molecule has 0 bridgehead atoms. The molecule has 0 saturated heterocycles. The first-order chi connectivity index (χ1) is 6.50. The SMILES string of the molecule is CS(=O)(=O)c1cn(F)c2ccccc12. The van der Waals surface area contributed by atoms with E-state index in [0.29, 0.717) is 10.2 Å². The largest absolute Gasteiger partial charge is 0.224 e. The zero-order valence-electron chi connectivity index (χ0n) is 7.44.